The summed E-state index contributed by atoms with van der Waals surface area (Å²) in [6, 6.07) is -3.71. The number of azide groups is 1. The number of carbonyl (C=O) groups is 4. The molecule has 2 amide bonds. The van der Waals surface area contributed by atoms with Gasteiger partial charge in [-0.3, -0.25) is 4.79 Å². The molecule has 0 unspecified atom stereocenters. The van der Waals surface area contributed by atoms with E-state index in [1.807, 2.05) is 5.32 Å². The van der Waals surface area contributed by atoms with E-state index in [0.29, 0.717) is 12.8 Å². The van der Waals surface area contributed by atoms with E-state index in [-0.39, 0.29) is 19.4 Å². The number of carboxylic acid groups (broad SMARTS) is 3. The van der Waals surface area contributed by atoms with Gasteiger partial charge in [0.05, 0.1) is 0 Å². The number of amides is 2. The number of urea groups is 1. The average Bonchev–Trinajstić information content (AvgIpc) is 2.49. The van der Waals surface area contributed by atoms with Crippen LogP contribution in [-0.4, -0.2) is 57.9 Å². The fourth-order valence-corrected chi connectivity index (χ4v) is 1.72. The Bertz CT molecular complexity index is 518. The first-order valence-electron chi connectivity index (χ1n) is 7.03. The predicted molar refractivity (Wildman–Crippen MR) is 79.2 cm³/mol. The molecule has 0 heterocycles. The molecule has 0 rings (SSSR count). The Morgan fingerprint density at radius 1 is 0.958 bits per heavy atom. The van der Waals surface area contributed by atoms with Crippen LogP contribution in [0.1, 0.15) is 32.1 Å². The highest BCUT2D eigenvalue weighted by Crippen LogP contribution is 2.03. The molecule has 0 aliphatic heterocycles. The topological polar surface area (TPSA) is 202 Å². The first kappa shape index (κ1) is 21.0. The third-order valence-electron chi connectivity index (χ3n) is 2.92. The molecule has 24 heavy (non-hydrogen) atoms. The maximum Gasteiger partial charge on any atom is 0.326 e. The maximum atomic E-state index is 11.7. The molecular weight excluding hydrogens is 326 g/mol. The number of aliphatic carboxylic acids is 3. The van der Waals surface area contributed by atoms with Crippen LogP contribution in [0.25, 0.3) is 10.4 Å². The number of hydrogen-bond acceptors (Lipinski definition) is 5. The van der Waals surface area contributed by atoms with Gasteiger partial charge in [0.1, 0.15) is 12.1 Å². The molecule has 0 aromatic carbocycles. The zero-order chi connectivity index (χ0) is 18.5. The SMILES string of the molecule is [N-]=[N+]=NCCCC[C@H](NC(=O)N[C@@H](CCC(=O)O)C(=O)O)C(=O)O. The molecule has 0 saturated carbocycles. The first-order chi connectivity index (χ1) is 11.3. The van der Waals surface area contributed by atoms with Gasteiger partial charge in [-0.15, -0.1) is 0 Å². The third-order valence-corrected chi connectivity index (χ3v) is 2.92. The quantitative estimate of drug-likeness (QED) is 0.147. The summed E-state index contributed by atoms with van der Waals surface area (Å²) in [5, 5.41) is 33.9. The molecule has 134 valence electrons. The van der Waals surface area contributed by atoms with E-state index in [0.717, 1.165) is 0 Å². The Balaban J connectivity index is 4.47. The predicted octanol–water partition coefficient (Wildman–Crippen LogP) is 0.537. The van der Waals surface area contributed by atoms with Crippen molar-refractivity contribution < 1.29 is 34.5 Å². The minimum absolute atomic E-state index is 0.0660. The van der Waals surface area contributed by atoms with Crippen molar-refractivity contribution >= 4 is 23.9 Å². The Morgan fingerprint density at radius 3 is 1.96 bits per heavy atom. The largest absolute Gasteiger partial charge is 0.481 e. The number of unbranched alkanes of at least 4 members (excludes halogenated alkanes) is 1. The molecule has 2 atom stereocenters. The summed E-state index contributed by atoms with van der Waals surface area (Å²) in [6.45, 7) is 0.200. The first-order valence-corrected chi connectivity index (χ1v) is 7.03. The number of nitrogens with one attached hydrogen (secondary N) is 2. The molecular formula is C12H19N5O7. The van der Waals surface area contributed by atoms with E-state index in [1.54, 1.807) is 0 Å². The Kier molecular flexibility index (Phi) is 10.1. The van der Waals surface area contributed by atoms with Gasteiger partial charge in [0.15, 0.2) is 0 Å². The summed E-state index contributed by atoms with van der Waals surface area (Å²) in [6.07, 6.45) is 0.0860. The van der Waals surface area contributed by atoms with Crippen molar-refractivity contribution in [3.05, 3.63) is 10.4 Å². The highest BCUT2D eigenvalue weighted by atomic mass is 16.4. The lowest BCUT2D eigenvalue weighted by molar-refractivity contribution is -0.140. The second-order valence-electron chi connectivity index (χ2n) is 4.78. The number of nitrogens with zero attached hydrogens (tertiary/aromatic N) is 3. The van der Waals surface area contributed by atoms with Crippen molar-refractivity contribution in [2.45, 2.75) is 44.2 Å². The van der Waals surface area contributed by atoms with E-state index in [1.165, 1.54) is 0 Å². The summed E-state index contributed by atoms with van der Waals surface area (Å²) < 4.78 is 0. The number of carbonyl (C=O) groups excluding carboxylic acids is 1. The lowest BCUT2D eigenvalue weighted by atomic mass is 10.1. The molecule has 0 fully saturated rings. The molecule has 0 aliphatic rings. The van der Waals surface area contributed by atoms with Crippen LogP contribution in [-0.2, 0) is 14.4 Å². The van der Waals surface area contributed by atoms with Gasteiger partial charge in [0.2, 0.25) is 0 Å². The van der Waals surface area contributed by atoms with Gasteiger partial charge in [-0.2, -0.15) is 0 Å². The highest BCUT2D eigenvalue weighted by molar-refractivity contribution is 5.86. The smallest absolute Gasteiger partial charge is 0.326 e. The van der Waals surface area contributed by atoms with Crippen LogP contribution in [0, 0.1) is 0 Å². The molecule has 0 saturated heterocycles. The van der Waals surface area contributed by atoms with E-state index in [9.17, 15) is 19.2 Å². The Labute approximate surface area is 136 Å². The number of hydrogen-bond donors (Lipinski definition) is 5. The van der Waals surface area contributed by atoms with Gasteiger partial charge in [0.25, 0.3) is 0 Å². The molecule has 12 heteroatoms. The Hall–Kier alpha value is -3.01. The van der Waals surface area contributed by atoms with E-state index >= 15 is 0 Å². The van der Waals surface area contributed by atoms with Crippen molar-refractivity contribution in [2.75, 3.05) is 6.54 Å². The van der Waals surface area contributed by atoms with E-state index < -0.39 is 42.4 Å². The fourth-order valence-electron chi connectivity index (χ4n) is 1.72. The van der Waals surface area contributed by atoms with E-state index in [2.05, 4.69) is 15.3 Å². The molecule has 12 nitrogen and oxygen atoms in total. The summed E-state index contributed by atoms with van der Waals surface area (Å²) in [4.78, 5) is 46.7. The third kappa shape index (κ3) is 9.84. The average molecular weight is 345 g/mol. The van der Waals surface area contributed by atoms with Crippen molar-refractivity contribution in [3.63, 3.8) is 0 Å². The highest BCUT2D eigenvalue weighted by Gasteiger charge is 2.24. The molecule has 0 spiro atoms. The van der Waals surface area contributed by atoms with Crippen LogP contribution < -0.4 is 10.6 Å². The summed E-state index contributed by atoms with van der Waals surface area (Å²) in [5.74, 6) is -3.94. The number of carboxylic acids is 3. The zero-order valence-corrected chi connectivity index (χ0v) is 12.7. The minimum atomic E-state index is -1.44. The van der Waals surface area contributed by atoms with Gasteiger partial charge < -0.3 is 26.0 Å². The number of rotatable bonds is 12. The second-order valence-corrected chi connectivity index (χ2v) is 4.78. The maximum absolute atomic E-state index is 11.7. The Morgan fingerprint density at radius 2 is 1.50 bits per heavy atom. The van der Waals surface area contributed by atoms with Gasteiger partial charge in [-0.05, 0) is 24.8 Å². The van der Waals surface area contributed by atoms with Crippen LogP contribution in [0.3, 0.4) is 0 Å². The molecule has 0 radical (unpaired) electrons. The van der Waals surface area contributed by atoms with E-state index in [4.69, 9.17) is 20.9 Å². The van der Waals surface area contributed by atoms with Crippen molar-refractivity contribution in [1.29, 1.82) is 0 Å². The lowest BCUT2D eigenvalue weighted by Crippen LogP contribution is -2.51. The van der Waals surface area contributed by atoms with Gasteiger partial charge in [0, 0.05) is 17.9 Å². The fraction of sp³-hybridized carbons (Fsp3) is 0.667. The standard InChI is InChI=1S/C12H19N5O7/c13-17-14-6-2-1-3-7(10(20)21)15-12(24)16-8(11(22)23)4-5-9(18)19/h7-8H,1-6H2,(H,18,19)(H,20,21)(H,22,23)(H2,15,16,24)/t7-,8-/m0/s1. The monoisotopic (exact) mass is 345 g/mol. The van der Waals surface area contributed by atoms with Crippen LogP contribution in [0.5, 0.6) is 0 Å². The van der Waals surface area contributed by atoms with Gasteiger partial charge in [-0.1, -0.05) is 11.5 Å². The zero-order valence-electron chi connectivity index (χ0n) is 12.7. The molecule has 0 bridgehead atoms. The van der Waals surface area contributed by atoms with Crippen molar-refractivity contribution in [2.24, 2.45) is 5.11 Å². The molecule has 0 aromatic heterocycles. The van der Waals surface area contributed by atoms with Gasteiger partial charge >= 0.3 is 23.9 Å². The van der Waals surface area contributed by atoms with Crippen molar-refractivity contribution in [1.82, 2.24) is 10.6 Å². The molecule has 0 aliphatic carbocycles. The molecule has 0 aromatic rings. The van der Waals surface area contributed by atoms with Crippen LogP contribution >= 0.6 is 0 Å². The van der Waals surface area contributed by atoms with Crippen LogP contribution in [0.4, 0.5) is 4.79 Å². The van der Waals surface area contributed by atoms with Crippen LogP contribution in [0.2, 0.25) is 0 Å². The summed E-state index contributed by atoms with van der Waals surface area (Å²) in [5.41, 5.74) is 8.10. The summed E-state index contributed by atoms with van der Waals surface area (Å²) in [7, 11) is 0. The van der Waals surface area contributed by atoms with Gasteiger partial charge in [-0.25, -0.2) is 14.4 Å². The van der Waals surface area contributed by atoms with Crippen molar-refractivity contribution in [3.8, 4) is 0 Å². The minimum Gasteiger partial charge on any atom is -0.481 e. The summed E-state index contributed by atoms with van der Waals surface area (Å²) >= 11 is 0. The normalized spacial score (nSPS) is 12.3. The lowest BCUT2D eigenvalue weighted by Gasteiger charge is -2.18. The van der Waals surface area contributed by atoms with Crippen LogP contribution in [0.15, 0.2) is 5.11 Å². The second kappa shape index (κ2) is 11.5. The molecule has 5 N–H and O–H groups in total.